The van der Waals surface area contributed by atoms with Gasteiger partial charge in [0.2, 0.25) is 11.0 Å². The number of fused-ring (bicyclic) bond motifs is 1. The van der Waals surface area contributed by atoms with Crippen LogP contribution in [0.25, 0.3) is 10.9 Å². The van der Waals surface area contributed by atoms with Gasteiger partial charge in [-0.05, 0) is 29.1 Å². The number of carbonyl (C=O) groups excluding carboxylic acids is 1. The van der Waals surface area contributed by atoms with Gasteiger partial charge in [0.05, 0.1) is 5.52 Å². The molecule has 2 aromatic carbocycles. The summed E-state index contributed by atoms with van der Waals surface area (Å²) < 4.78 is 7.97. The number of hydrogen-bond acceptors (Lipinski definition) is 5. The zero-order valence-electron chi connectivity index (χ0n) is 14.5. The van der Waals surface area contributed by atoms with Crippen molar-refractivity contribution in [3.05, 3.63) is 71.9 Å². The van der Waals surface area contributed by atoms with Crippen LogP contribution in [0.1, 0.15) is 12.0 Å². The fraction of sp³-hybridized carbons (Fsp3) is 0.150. The molecular weight excluding hydrogens is 360 g/mol. The highest BCUT2D eigenvalue weighted by atomic mass is 32.1. The number of nitrogens with one attached hydrogen (secondary N) is 1. The molecule has 0 aliphatic heterocycles. The van der Waals surface area contributed by atoms with Gasteiger partial charge in [-0.3, -0.25) is 4.79 Å². The van der Waals surface area contributed by atoms with Gasteiger partial charge in [-0.15, -0.1) is 10.2 Å². The van der Waals surface area contributed by atoms with Crippen molar-refractivity contribution in [2.24, 2.45) is 0 Å². The summed E-state index contributed by atoms with van der Waals surface area (Å²) in [4.78, 5) is 12.1. The highest BCUT2D eigenvalue weighted by Gasteiger charge is 2.08. The third-order valence-electron chi connectivity index (χ3n) is 4.18. The van der Waals surface area contributed by atoms with E-state index >= 15 is 0 Å². The number of aryl methyl sites for hydroxylation is 1. The van der Waals surface area contributed by atoms with Crippen molar-refractivity contribution in [2.75, 3.05) is 5.32 Å². The maximum atomic E-state index is 12.1. The van der Waals surface area contributed by atoms with Crippen LogP contribution in [0, 0.1) is 0 Å². The summed E-state index contributed by atoms with van der Waals surface area (Å²) in [7, 11) is 0. The van der Waals surface area contributed by atoms with Crippen molar-refractivity contribution in [2.45, 2.75) is 19.6 Å². The Hall–Kier alpha value is -3.19. The molecule has 0 aliphatic carbocycles. The van der Waals surface area contributed by atoms with Crippen molar-refractivity contribution >= 4 is 33.3 Å². The Bertz CT molecular complexity index is 1030. The molecule has 27 heavy (non-hydrogen) atoms. The first-order chi connectivity index (χ1) is 13.3. The third kappa shape index (κ3) is 4.32. The molecule has 6 nitrogen and oxygen atoms in total. The van der Waals surface area contributed by atoms with E-state index in [1.807, 2.05) is 60.8 Å². The molecule has 0 bridgehead atoms. The molecule has 2 aromatic heterocycles. The van der Waals surface area contributed by atoms with Crippen LogP contribution in [0.5, 0.6) is 5.75 Å². The van der Waals surface area contributed by atoms with E-state index in [9.17, 15) is 4.79 Å². The fourth-order valence-corrected chi connectivity index (χ4v) is 3.28. The minimum atomic E-state index is -0.0786. The number of ether oxygens (including phenoxy) is 1. The minimum Gasteiger partial charge on any atom is -0.489 e. The van der Waals surface area contributed by atoms with Gasteiger partial charge in [-0.2, -0.15) is 0 Å². The number of amides is 1. The van der Waals surface area contributed by atoms with E-state index in [0.29, 0.717) is 24.7 Å². The van der Waals surface area contributed by atoms with Crippen LogP contribution in [0.3, 0.4) is 0 Å². The second-order valence-corrected chi connectivity index (χ2v) is 6.88. The van der Waals surface area contributed by atoms with E-state index in [1.54, 1.807) is 5.51 Å². The van der Waals surface area contributed by atoms with Crippen molar-refractivity contribution in [3.8, 4) is 5.75 Å². The van der Waals surface area contributed by atoms with Gasteiger partial charge >= 0.3 is 0 Å². The second-order valence-electron chi connectivity index (χ2n) is 6.05. The van der Waals surface area contributed by atoms with Crippen LogP contribution in [0.2, 0.25) is 0 Å². The summed E-state index contributed by atoms with van der Waals surface area (Å²) >= 11 is 1.31. The molecule has 0 fully saturated rings. The van der Waals surface area contributed by atoms with Gasteiger partial charge in [-0.1, -0.05) is 41.7 Å². The third-order valence-corrected chi connectivity index (χ3v) is 4.79. The Balaban J connectivity index is 1.41. The average Bonchev–Trinajstić information content (AvgIpc) is 3.35. The normalized spacial score (nSPS) is 10.8. The molecule has 2 heterocycles. The molecule has 4 aromatic rings. The molecule has 0 saturated carbocycles. The van der Waals surface area contributed by atoms with Crippen molar-refractivity contribution in [3.63, 3.8) is 0 Å². The predicted octanol–water partition coefficient (Wildman–Crippen LogP) is 4.10. The molecule has 0 saturated heterocycles. The van der Waals surface area contributed by atoms with Crippen LogP contribution in [-0.4, -0.2) is 20.7 Å². The average molecular weight is 378 g/mol. The Kier molecular flexibility index (Phi) is 5.11. The first-order valence-corrected chi connectivity index (χ1v) is 9.47. The molecule has 1 amide bonds. The maximum absolute atomic E-state index is 12.1. The molecule has 136 valence electrons. The predicted molar refractivity (Wildman–Crippen MR) is 106 cm³/mol. The minimum absolute atomic E-state index is 0.0786. The lowest BCUT2D eigenvalue weighted by molar-refractivity contribution is -0.116. The highest BCUT2D eigenvalue weighted by molar-refractivity contribution is 7.13. The summed E-state index contributed by atoms with van der Waals surface area (Å²) in [5.74, 6) is 0.731. The molecule has 4 rings (SSSR count). The smallest absolute Gasteiger partial charge is 0.227 e. The number of aromatic nitrogens is 3. The van der Waals surface area contributed by atoms with E-state index < -0.39 is 0 Å². The lowest BCUT2D eigenvalue weighted by atomic mass is 10.2. The summed E-state index contributed by atoms with van der Waals surface area (Å²) in [6.45, 7) is 1.10. The summed E-state index contributed by atoms with van der Waals surface area (Å²) in [5.41, 5.74) is 3.76. The van der Waals surface area contributed by atoms with Gasteiger partial charge in [0, 0.05) is 25.2 Å². The van der Waals surface area contributed by atoms with Crippen LogP contribution in [0.15, 0.2) is 66.3 Å². The molecule has 0 aliphatic rings. The van der Waals surface area contributed by atoms with Gasteiger partial charge < -0.3 is 14.6 Å². The second kappa shape index (κ2) is 8.01. The highest BCUT2D eigenvalue weighted by Crippen LogP contribution is 2.23. The fourth-order valence-electron chi connectivity index (χ4n) is 2.82. The quantitative estimate of drug-likeness (QED) is 0.526. The first kappa shape index (κ1) is 17.2. The Morgan fingerprint density at radius 3 is 2.85 bits per heavy atom. The van der Waals surface area contributed by atoms with Crippen LogP contribution in [-0.2, 0) is 17.9 Å². The molecule has 7 heteroatoms. The topological polar surface area (TPSA) is 69.0 Å². The number of carbonyl (C=O) groups is 1. The van der Waals surface area contributed by atoms with Gasteiger partial charge in [0.15, 0.2) is 0 Å². The van der Waals surface area contributed by atoms with Crippen LogP contribution < -0.4 is 10.1 Å². The van der Waals surface area contributed by atoms with Crippen molar-refractivity contribution < 1.29 is 9.53 Å². The van der Waals surface area contributed by atoms with E-state index in [0.717, 1.165) is 22.2 Å². The number of hydrogen-bond donors (Lipinski definition) is 1. The Labute approximate surface area is 160 Å². The largest absolute Gasteiger partial charge is 0.489 e. The monoisotopic (exact) mass is 378 g/mol. The maximum Gasteiger partial charge on any atom is 0.227 e. The summed E-state index contributed by atoms with van der Waals surface area (Å²) in [5, 5.41) is 11.9. The molecule has 0 radical (unpaired) electrons. The van der Waals surface area contributed by atoms with E-state index in [4.69, 9.17) is 4.74 Å². The van der Waals surface area contributed by atoms with Gasteiger partial charge in [0.25, 0.3) is 0 Å². The van der Waals surface area contributed by atoms with E-state index in [2.05, 4.69) is 20.1 Å². The summed E-state index contributed by atoms with van der Waals surface area (Å²) in [6.07, 6.45) is 2.35. The number of rotatable bonds is 7. The molecule has 0 unspecified atom stereocenters. The van der Waals surface area contributed by atoms with E-state index in [1.165, 1.54) is 11.3 Å². The van der Waals surface area contributed by atoms with Gasteiger partial charge in [-0.25, -0.2) is 0 Å². The standard InChI is InChI=1S/C20H18N4O2S/c25-19(22-20-23-21-14-27-20)9-11-24-10-8-16-6-7-17(12-18(16)24)26-13-15-4-2-1-3-5-15/h1-8,10,12,14H,9,11,13H2,(H,22,23,25). The molecule has 0 atom stereocenters. The molecule has 1 N–H and O–H groups in total. The van der Waals surface area contributed by atoms with Crippen molar-refractivity contribution in [1.82, 2.24) is 14.8 Å². The zero-order chi connectivity index (χ0) is 18.5. The number of anilines is 1. The Morgan fingerprint density at radius 2 is 2.04 bits per heavy atom. The van der Waals surface area contributed by atoms with Gasteiger partial charge in [0.1, 0.15) is 17.9 Å². The van der Waals surface area contributed by atoms with E-state index in [-0.39, 0.29) is 5.91 Å². The Morgan fingerprint density at radius 1 is 1.15 bits per heavy atom. The van der Waals surface area contributed by atoms with Crippen LogP contribution in [0.4, 0.5) is 5.13 Å². The number of nitrogens with zero attached hydrogens (tertiary/aromatic N) is 3. The first-order valence-electron chi connectivity index (χ1n) is 8.59. The lowest BCUT2D eigenvalue weighted by Crippen LogP contribution is -2.14. The van der Waals surface area contributed by atoms with Crippen molar-refractivity contribution in [1.29, 1.82) is 0 Å². The lowest BCUT2D eigenvalue weighted by Gasteiger charge is -2.09. The van der Waals surface area contributed by atoms with Crippen LogP contribution >= 0.6 is 11.3 Å². The SMILES string of the molecule is O=C(CCn1ccc2ccc(OCc3ccccc3)cc21)Nc1nncs1. The molecular formula is C20H18N4O2S. The molecule has 0 spiro atoms. The summed E-state index contributed by atoms with van der Waals surface area (Å²) in [6, 6.07) is 18.1. The zero-order valence-corrected chi connectivity index (χ0v) is 15.4. The number of benzene rings is 2.